The molecule has 1 amide bonds. The zero-order valence-corrected chi connectivity index (χ0v) is 21.3. The van der Waals surface area contributed by atoms with Crippen LogP contribution in [0.15, 0.2) is 59.4 Å². The Hall–Kier alpha value is -4.24. The first-order chi connectivity index (χ1) is 17.7. The number of aromatic nitrogens is 4. The molecule has 0 unspecified atom stereocenters. The summed E-state index contributed by atoms with van der Waals surface area (Å²) in [7, 11) is 1.63. The second kappa shape index (κ2) is 9.67. The van der Waals surface area contributed by atoms with Crippen LogP contribution >= 0.6 is 0 Å². The predicted molar refractivity (Wildman–Crippen MR) is 140 cm³/mol. The van der Waals surface area contributed by atoms with E-state index in [1.807, 2.05) is 54.7 Å². The van der Waals surface area contributed by atoms with Crippen molar-refractivity contribution in [3.63, 3.8) is 0 Å². The second-order valence-corrected chi connectivity index (χ2v) is 9.83. The number of methoxy groups -OCH3 is 1. The molecule has 1 aliphatic rings. The molecule has 0 saturated heterocycles. The number of fused-ring (bicyclic) bond motifs is 1. The lowest BCUT2D eigenvalue weighted by atomic mass is 10.0. The number of nitrogens with zero attached hydrogens (tertiary/aromatic N) is 5. The molecule has 9 nitrogen and oxygen atoms in total. The number of carbonyl (C=O) groups excluding carboxylic acids is 1. The lowest BCUT2D eigenvalue weighted by Gasteiger charge is -2.24. The number of benzene rings is 2. The van der Waals surface area contributed by atoms with Crippen LogP contribution in [0.4, 0.5) is 5.69 Å². The van der Waals surface area contributed by atoms with Gasteiger partial charge in [0.05, 0.1) is 44.1 Å². The molecule has 190 valence electrons. The van der Waals surface area contributed by atoms with Crippen molar-refractivity contribution in [3.05, 3.63) is 77.7 Å². The summed E-state index contributed by atoms with van der Waals surface area (Å²) in [6.07, 6.45) is 5.73. The normalized spacial score (nSPS) is 13.8. The van der Waals surface area contributed by atoms with Gasteiger partial charge in [0.25, 0.3) is 5.89 Å². The minimum atomic E-state index is -0.882. The average molecular weight is 500 g/mol. The highest BCUT2D eigenvalue weighted by atomic mass is 16.5. The van der Waals surface area contributed by atoms with Crippen LogP contribution in [0, 0.1) is 6.92 Å². The highest BCUT2D eigenvalue weighted by molar-refractivity contribution is 6.06. The number of hydrogen-bond acceptors (Lipinski definition) is 7. The molecule has 1 N–H and O–H groups in total. The van der Waals surface area contributed by atoms with Crippen molar-refractivity contribution in [1.29, 1.82) is 0 Å². The van der Waals surface area contributed by atoms with Gasteiger partial charge in [-0.25, -0.2) is 0 Å². The summed E-state index contributed by atoms with van der Waals surface area (Å²) in [6.45, 7) is 6.00. The van der Waals surface area contributed by atoms with Gasteiger partial charge in [-0.2, -0.15) is 10.1 Å². The molecule has 3 heterocycles. The molecule has 9 heteroatoms. The molecular weight excluding hydrogens is 470 g/mol. The fourth-order valence-corrected chi connectivity index (χ4v) is 4.36. The van der Waals surface area contributed by atoms with Crippen LogP contribution in [0.2, 0.25) is 0 Å². The number of rotatable bonds is 7. The van der Waals surface area contributed by atoms with Crippen molar-refractivity contribution >= 4 is 23.2 Å². The number of anilines is 1. The van der Waals surface area contributed by atoms with Gasteiger partial charge in [0.15, 0.2) is 5.82 Å². The monoisotopic (exact) mass is 499 g/mol. The lowest BCUT2D eigenvalue weighted by Crippen LogP contribution is -2.30. The summed E-state index contributed by atoms with van der Waals surface area (Å²) in [6, 6.07) is 13.7. The van der Waals surface area contributed by atoms with Gasteiger partial charge in [-0.1, -0.05) is 29.4 Å². The topological polar surface area (TPSA) is 107 Å². The van der Waals surface area contributed by atoms with E-state index < -0.39 is 5.60 Å². The standard InChI is InChI=1S/C28H29N5O4/c1-18-30-27(37-31-18)22-11-21-8-7-20(23-14-29-32(16-23)17-28(2,3)35)12-25(21)33(26(34)13-22)15-19-5-9-24(36-4)10-6-19/h5-12,14,16,35H,13,15,17H2,1-4H3. The van der Waals surface area contributed by atoms with Crippen LogP contribution in [0.1, 0.15) is 43.1 Å². The van der Waals surface area contributed by atoms with Gasteiger partial charge < -0.3 is 19.3 Å². The molecule has 0 spiro atoms. The van der Waals surface area contributed by atoms with Gasteiger partial charge in [0.1, 0.15) is 5.75 Å². The van der Waals surface area contributed by atoms with Gasteiger partial charge in [-0.3, -0.25) is 9.48 Å². The molecule has 0 fully saturated rings. The van der Waals surface area contributed by atoms with Crippen molar-refractivity contribution in [2.75, 3.05) is 12.0 Å². The summed E-state index contributed by atoms with van der Waals surface area (Å²) < 4.78 is 12.4. The van der Waals surface area contributed by atoms with Gasteiger partial charge in [-0.15, -0.1) is 0 Å². The van der Waals surface area contributed by atoms with Crippen LogP contribution in [0.25, 0.3) is 22.8 Å². The van der Waals surface area contributed by atoms with Crippen molar-refractivity contribution in [2.45, 2.75) is 45.9 Å². The van der Waals surface area contributed by atoms with Crippen LogP contribution < -0.4 is 9.64 Å². The SMILES string of the molecule is COc1ccc(CN2C(=O)CC(c3nc(C)no3)=Cc3ccc(-c4cnn(CC(C)(C)O)c4)cc32)cc1. The molecule has 2 aromatic heterocycles. The Kier molecular flexibility index (Phi) is 6.39. The Morgan fingerprint density at radius 1 is 1.14 bits per heavy atom. The Morgan fingerprint density at radius 3 is 2.59 bits per heavy atom. The van der Waals surface area contributed by atoms with E-state index in [0.29, 0.717) is 30.4 Å². The van der Waals surface area contributed by atoms with E-state index in [1.165, 1.54) is 0 Å². The Bertz CT molecular complexity index is 1460. The van der Waals surface area contributed by atoms with E-state index in [1.54, 1.807) is 43.7 Å². The fraction of sp³-hybridized carbons (Fsp3) is 0.286. The first-order valence-electron chi connectivity index (χ1n) is 12.0. The Labute approximate surface area is 215 Å². The molecule has 5 rings (SSSR count). The number of ether oxygens (including phenoxy) is 1. The van der Waals surface area contributed by atoms with Gasteiger partial charge in [0.2, 0.25) is 5.91 Å². The lowest BCUT2D eigenvalue weighted by molar-refractivity contribution is -0.117. The van der Waals surface area contributed by atoms with E-state index in [4.69, 9.17) is 9.26 Å². The number of aryl methyl sites for hydroxylation is 1. The van der Waals surface area contributed by atoms with E-state index in [2.05, 4.69) is 15.2 Å². The van der Waals surface area contributed by atoms with Crippen LogP contribution in [0.5, 0.6) is 5.75 Å². The third-order valence-corrected chi connectivity index (χ3v) is 6.11. The number of carbonyl (C=O) groups is 1. The zero-order chi connectivity index (χ0) is 26.2. The smallest absolute Gasteiger partial charge is 0.254 e. The third-order valence-electron chi connectivity index (χ3n) is 6.11. The van der Waals surface area contributed by atoms with Gasteiger partial charge in [0, 0.05) is 17.3 Å². The van der Waals surface area contributed by atoms with E-state index >= 15 is 0 Å². The maximum atomic E-state index is 13.6. The molecule has 37 heavy (non-hydrogen) atoms. The van der Waals surface area contributed by atoms with Crippen molar-refractivity contribution in [1.82, 2.24) is 19.9 Å². The molecule has 0 radical (unpaired) electrons. The number of amides is 1. The number of aliphatic hydroxyl groups is 1. The molecule has 4 aromatic rings. The quantitative estimate of drug-likeness (QED) is 0.399. The van der Waals surface area contributed by atoms with Crippen LogP contribution in [0.3, 0.4) is 0 Å². The summed E-state index contributed by atoms with van der Waals surface area (Å²) in [5, 5.41) is 18.5. The summed E-state index contributed by atoms with van der Waals surface area (Å²) >= 11 is 0. The predicted octanol–water partition coefficient (Wildman–Crippen LogP) is 4.50. The average Bonchev–Trinajstić information content (AvgIpc) is 3.47. The first-order valence-corrected chi connectivity index (χ1v) is 12.0. The number of hydrogen-bond donors (Lipinski definition) is 1. The maximum absolute atomic E-state index is 13.6. The largest absolute Gasteiger partial charge is 0.497 e. The summed E-state index contributed by atoms with van der Waals surface area (Å²) in [4.78, 5) is 19.8. The van der Waals surface area contributed by atoms with Crippen molar-refractivity contribution < 1.29 is 19.2 Å². The molecule has 1 aliphatic heterocycles. The van der Waals surface area contributed by atoms with Gasteiger partial charge >= 0.3 is 0 Å². The first kappa shape index (κ1) is 24.5. The summed E-state index contributed by atoms with van der Waals surface area (Å²) in [5.41, 5.74) is 4.23. The molecule has 0 bridgehead atoms. The van der Waals surface area contributed by atoms with Gasteiger partial charge in [-0.05, 0) is 61.7 Å². The molecule has 0 aliphatic carbocycles. The Morgan fingerprint density at radius 2 is 1.92 bits per heavy atom. The van der Waals surface area contributed by atoms with E-state index in [0.717, 1.165) is 33.7 Å². The molecule has 0 atom stereocenters. The second-order valence-electron chi connectivity index (χ2n) is 9.83. The molecule has 0 saturated carbocycles. The van der Waals surface area contributed by atoms with Crippen LogP contribution in [-0.2, 0) is 17.9 Å². The van der Waals surface area contributed by atoms with Crippen LogP contribution in [-0.4, -0.2) is 43.6 Å². The fourth-order valence-electron chi connectivity index (χ4n) is 4.36. The third kappa shape index (κ3) is 5.46. The van der Waals surface area contributed by atoms with Crippen molar-refractivity contribution in [3.8, 4) is 16.9 Å². The van der Waals surface area contributed by atoms with Crippen molar-refractivity contribution in [2.24, 2.45) is 0 Å². The molecule has 2 aromatic carbocycles. The van der Waals surface area contributed by atoms with E-state index in [-0.39, 0.29) is 12.3 Å². The summed E-state index contributed by atoms with van der Waals surface area (Å²) in [5.74, 6) is 1.54. The zero-order valence-electron chi connectivity index (χ0n) is 21.3. The molecular formula is C28H29N5O4. The highest BCUT2D eigenvalue weighted by Crippen LogP contribution is 2.36. The van der Waals surface area contributed by atoms with E-state index in [9.17, 15) is 9.90 Å². The minimum absolute atomic E-state index is 0.0773. The Balaban J connectivity index is 1.55. The minimum Gasteiger partial charge on any atom is -0.497 e. The maximum Gasteiger partial charge on any atom is 0.254 e. The highest BCUT2D eigenvalue weighted by Gasteiger charge is 2.27.